The lowest BCUT2D eigenvalue weighted by atomic mass is 9.72. The van der Waals surface area contributed by atoms with Gasteiger partial charge in [-0.2, -0.15) is 0 Å². The van der Waals surface area contributed by atoms with E-state index in [0.717, 1.165) is 4.90 Å². The largest absolute Gasteiger partial charge is 0.342 e. The minimum atomic E-state index is -1.87. The Bertz CT molecular complexity index is 307. The van der Waals surface area contributed by atoms with Gasteiger partial charge in [0.05, 0.1) is 5.48 Å². The van der Waals surface area contributed by atoms with E-state index in [1.165, 1.54) is 6.92 Å². The van der Waals surface area contributed by atoms with E-state index in [4.69, 9.17) is 5.48 Å². The number of carbonyl (C=O) groups is 1. The van der Waals surface area contributed by atoms with E-state index in [1.54, 1.807) is 0 Å². The first-order valence-electron chi connectivity index (χ1n) is 6.29. The third-order valence-electron chi connectivity index (χ3n) is 2.42. The summed E-state index contributed by atoms with van der Waals surface area (Å²) in [4.78, 5) is 12.1. The summed E-state index contributed by atoms with van der Waals surface area (Å²) in [6, 6.07) is 0. The molecule has 3 nitrogen and oxygen atoms in total. The van der Waals surface area contributed by atoms with Gasteiger partial charge in [-0.05, 0) is 25.9 Å². The predicted molar refractivity (Wildman–Crippen MR) is 46.8 cm³/mol. The second kappa shape index (κ2) is 2.73. The normalized spacial score (nSPS) is 40.2. The minimum absolute atomic E-state index is 0.427. The smallest absolute Gasteiger partial charge is 0.219 e. The molecule has 0 radical (unpaired) electrons. The molecule has 0 saturated carbocycles. The Hall–Kier alpha value is -0.570. The van der Waals surface area contributed by atoms with Gasteiger partial charge in [0.2, 0.25) is 5.91 Å². The fourth-order valence-electron chi connectivity index (χ4n) is 1.66. The van der Waals surface area contributed by atoms with Gasteiger partial charge in [0.25, 0.3) is 0 Å². The summed E-state index contributed by atoms with van der Waals surface area (Å²) >= 11 is 0. The Morgan fingerprint density at radius 2 is 2.08 bits per heavy atom. The van der Waals surface area contributed by atoms with Crippen LogP contribution in [-0.2, 0) is 4.79 Å². The van der Waals surface area contributed by atoms with Crippen LogP contribution in [0.3, 0.4) is 0 Å². The Morgan fingerprint density at radius 1 is 1.50 bits per heavy atom. The Balaban J connectivity index is 2.37. The number of nitrogens with one attached hydrogen (secondary N) is 1. The SMILES string of the molecule is [2H]C1([2H])N(C(C)=O)C([2H])([2H])C12CCNCC2. The summed E-state index contributed by atoms with van der Waals surface area (Å²) < 4.78 is 31.8. The van der Waals surface area contributed by atoms with Gasteiger partial charge in [0.15, 0.2) is 0 Å². The number of hydrogen-bond acceptors (Lipinski definition) is 2. The molecule has 2 aliphatic heterocycles. The second-order valence-electron chi connectivity index (χ2n) is 3.41. The van der Waals surface area contributed by atoms with Gasteiger partial charge in [0, 0.05) is 25.3 Å². The monoisotopic (exact) mass is 172 g/mol. The summed E-state index contributed by atoms with van der Waals surface area (Å²) in [6.45, 7) is -1.33. The van der Waals surface area contributed by atoms with Crippen molar-refractivity contribution in [2.24, 2.45) is 5.41 Å². The van der Waals surface area contributed by atoms with Crippen LogP contribution >= 0.6 is 0 Å². The molecule has 1 amide bonds. The van der Waals surface area contributed by atoms with Gasteiger partial charge in [-0.1, -0.05) is 0 Å². The highest BCUT2D eigenvalue weighted by molar-refractivity contribution is 5.74. The van der Waals surface area contributed by atoms with Gasteiger partial charge < -0.3 is 10.2 Å². The molecule has 2 saturated heterocycles. The first-order chi connectivity index (χ1) is 7.27. The molecule has 0 aromatic carbocycles. The highest BCUT2D eigenvalue weighted by atomic mass is 16.2. The highest BCUT2D eigenvalue weighted by Gasteiger charge is 2.44. The van der Waals surface area contributed by atoms with Crippen molar-refractivity contribution >= 4 is 5.91 Å². The van der Waals surface area contributed by atoms with Crippen LogP contribution < -0.4 is 5.32 Å². The van der Waals surface area contributed by atoms with Crippen LogP contribution in [0.4, 0.5) is 0 Å². The maximum Gasteiger partial charge on any atom is 0.219 e. The fourth-order valence-corrected chi connectivity index (χ4v) is 1.66. The van der Waals surface area contributed by atoms with E-state index in [1.807, 2.05) is 0 Å². The van der Waals surface area contributed by atoms with Crippen molar-refractivity contribution in [3.63, 3.8) is 0 Å². The van der Waals surface area contributed by atoms with Crippen molar-refractivity contribution in [2.45, 2.75) is 19.8 Å². The van der Waals surface area contributed by atoms with E-state index >= 15 is 0 Å². The Labute approximate surface area is 78.7 Å². The molecule has 0 bridgehead atoms. The lowest BCUT2D eigenvalue weighted by molar-refractivity contribution is -0.142. The van der Waals surface area contributed by atoms with Crippen molar-refractivity contribution in [2.75, 3.05) is 26.1 Å². The zero-order valence-corrected chi connectivity index (χ0v) is 7.18. The molecule has 2 aliphatic rings. The molecule has 3 heteroatoms. The number of rotatable bonds is 0. The van der Waals surface area contributed by atoms with Gasteiger partial charge in [0.1, 0.15) is 0 Å². The zero-order valence-electron chi connectivity index (χ0n) is 11.2. The van der Waals surface area contributed by atoms with Gasteiger partial charge in [-0.15, -0.1) is 0 Å². The molecule has 68 valence electrons. The van der Waals surface area contributed by atoms with Crippen LogP contribution in [0.5, 0.6) is 0 Å². The summed E-state index contributed by atoms with van der Waals surface area (Å²) in [5.41, 5.74) is -1.04. The van der Waals surface area contributed by atoms with Crippen molar-refractivity contribution in [3.05, 3.63) is 0 Å². The van der Waals surface area contributed by atoms with Gasteiger partial charge >= 0.3 is 0 Å². The summed E-state index contributed by atoms with van der Waals surface area (Å²) in [5, 5.41) is 3.09. The molecular weight excluding hydrogens is 152 g/mol. The van der Waals surface area contributed by atoms with Crippen LogP contribution in [0.25, 0.3) is 0 Å². The van der Waals surface area contributed by atoms with E-state index in [2.05, 4.69) is 5.32 Å². The van der Waals surface area contributed by atoms with Crippen molar-refractivity contribution in [1.29, 1.82) is 0 Å². The highest BCUT2D eigenvalue weighted by Crippen LogP contribution is 2.38. The molecule has 0 aromatic heterocycles. The molecule has 12 heavy (non-hydrogen) atoms. The second-order valence-corrected chi connectivity index (χ2v) is 3.41. The maximum atomic E-state index is 11.3. The Morgan fingerprint density at radius 3 is 2.58 bits per heavy atom. The number of piperidine rings is 1. The fraction of sp³-hybridized carbons (Fsp3) is 0.889. The van der Waals surface area contributed by atoms with Crippen molar-refractivity contribution in [1.82, 2.24) is 10.2 Å². The average Bonchev–Trinajstić information content (AvgIpc) is 2.16. The minimum Gasteiger partial charge on any atom is -0.342 e. The summed E-state index contributed by atoms with van der Waals surface area (Å²) in [7, 11) is 0. The van der Waals surface area contributed by atoms with Crippen molar-refractivity contribution in [3.8, 4) is 0 Å². The third-order valence-corrected chi connectivity index (χ3v) is 2.42. The molecule has 0 atom stereocenters. The number of likely N-dealkylation sites (tertiary alicyclic amines) is 1. The molecule has 2 fully saturated rings. The predicted octanol–water partition coefficient (Wildman–Crippen LogP) is 0.218. The quantitative estimate of drug-likeness (QED) is 0.567. The molecule has 2 rings (SSSR count). The molecule has 0 aromatic rings. The van der Waals surface area contributed by atoms with Gasteiger partial charge in [-0.3, -0.25) is 4.79 Å². The Kier molecular flexibility index (Phi) is 1.05. The molecule has 2 heterocycles. The van der Waals surface area contributed by atoms with Crippen molar-refractivity contribution < 1.29 is 10.3 Å². The van der Waals surface area contributed by atoms with E-state index in [0.29, 0.717) is 25.9 Å². The van der Waals surface area contributed by atoms with Crippen LogP contribution in [0, 0.1) is 5.41 Å². The molecule has 1 spiro atoms. The van der Waals surface area contributed by atoms with Crippen LogP contribution in [0.15, 0.2) is 0 Å². The van der Waals surface area contributed by atoms with Crippen LogP contribution in [-0.4, -0.2) is 36.9 Å². The zero-order chi connectivity index (χ0) is 12.2. The average molecular weight is 172 g/mol. The topological polar surface area (TPSA) is 32.3 Å². The maximum absolute atomic E-state index is 11.3. The van der Waals surface area contributed by atoms with E-state index in [-0.39, 0.29) is 0 Å². The summed E-state index contributed by atoms with van der Waals surface area (Å²) in [6.07, 6.45) is 0.855. The third kappa shape index (κ3) is 1.22. The standard InChI is InChI=1S/C9H16N2O/c1-8(12)11-6-9(7-11)2-4-10-5-3-9/h10H,2-7H2,1H3/i6D2,7D2. The van der Waals surface area contributed by atoms with E-state index in [9.17, 15) is 4.79 Å². The number of carbonyl (C=O) groups excluding carboxylic acids is 1. The van der Waals surface area contributed by atoms with Crippen LogP contribution in [0.1, 0.15) is 25.2 Å². The first kappa shape index (κ1) is 4.61. The lowest BCUT2D eigenvalue weighted by Gasteiger charge is -2.52. The van der Waals surface area contributed by atoms with Crippen LogP contribution in [0.2, 0.25) is 0 Å². The molecular formula is C9H16N2O. The molecule has 0 unspecified atom stereocenters. The number of amides is 1. The number of nitrogens with zero attached hydrogens (tertiary/aromatic N) is 1. The summed E-state index contributed by atoms with van der Waals surface area (Å²) in [5.74, 6) is -0.542. The number of hydrogen-bond donors (Lipinski definition) is 1. The van der Waals surface area contributed by atoms with Gasteiger partial charge in [-0.25, -0.2) is 0 Å². The molecule has 1 N–H and O–H groups in total. The lowest BCUT2D eigenvalue weighted by Crippen LogP contribution is -2.61. The van der Waals surface area contributed by atoms with E-state index < -0.39 is 24.3 Å². The molecule has 0 aliphatic carbocycles. The first-order valence-corrected chi connectivity index (χ1v) is 4.29.